The first-order valence-electron chi connectivity index (χ1n) is 15.0. The van der Waals surface area contributed by atoms with Gasteiger partial charge in [0.05, 0.1) is 0 Å². The second-order valence-corrected chi connectivity index (χ2v) is 12.9. The zero-order chi connectivity index (χ0) is 27.3. The third kappa shape index (κ3) is 8.34. The molecule has 0 unspecified atom stereocenters. The molecule has 0 aromatic heterocycles. The third-order valence-electron chi connectivity index (χ3n) is 7.46. The van der Waals surface area contributed by atoms with Crippen LogP contribution in [0.3, 0.4) is 0 Å². The van der Waals surface area contributed by atoms with Crippen molar-refractivity contribution in [2.75, 3.05) is 0 Å². The largest absolute Gasteiger partial charge is 0.507 e. The Balaban J connectivity index is 2.22. The van der Waals surface area contributed by atoms with Gasteiger partial charge in [0, 0.05) is 16.8 Å². The van der Waals surface area contributed by atoms with Crippen LogP contribution in [-0.4, -0.2) is 10.2 Å². The first-order valence-corrected chi connectivity index (χ1v) is 16.6. The molecule has 38 heavy (non-hydrogen) atoms. The van der Waals surface area contributed by atoms with Crippen LogP contribution in [0.2, 0.25) is 0 Å². The van der Waals surface area contributed by atoms with Crippen molar-refractivity contribution in [1.82, 2.24) is 0 Å². The summed E-state index contributed by atoms with van der Waals surface area (Å²) in [6.07, 6.45) is 13.6. The van der Waals surface area contributed by atoms with Gasteiger partial charge in [-0.1, -0.05) is 95.8 Å². The molecule has 0 atom stereocenters. The van der Waals surface area contributed by atoms with Gasteiger partial charge in [-0.15, -0.1) is 0 Å². The number of aromatic hydroxyl groups is 2. The molecule has 0 fully saturated rings. The Labute approximate surface area is 233 Å². The molecule has 3 rings (SSSR count). The Morgan fingerprint density at radius 3 is 1.37 bits per heavy atom. The maximum Gasteiger partial charge on any atom is 0.126 e. The first-order chi connectivity index (χ1) is 18.5. The van der Waals surface area contributed by atoms with E-state index in [4.69, 9.17) is 0 Å². The summed E-state index contributed by atoms with van der Waals surface area (Å²) >= 11 is 0. The molecular weight excluding hydrogens is 483 g/mol. The lowest BCUT2D eigenvalue weighted by Gasteiger charge is -2.25. The van der Waals surface area contributed by atoms with E-state index in [0.29, 0.717) is 11.5 Å². The van der Waals surface area contributed by atoms with Crippen molar-refractivity contribution in [2.24, 2.45) is 0 Å². The van der Waals surface area contributed by atoms with Gasteiger partial charge >= 0.3 is 0 Å². The van der Waals surface area contributed by atoms with E-state index in [-0.39, 0.29) is 0 Å². The number of aryl methyl sites for hydroxylation is 4. The molecule has 0 aliphatic rings. The molecule has 0 saturated carbocycles. The fraction of sp³-hybridized carbons (Fsp3) is 0.486. The highest BCUT2D eigenvalue weighted by molar-refractivity contribution is 7.72. The number of hydrogen-bond acceptors (Lipinski definition) is 2. The molecule has 0 heterocycles. The average Bonchev–Trinajstić information content (AvgIpc) is 2.94. The molecule has 206 valence electrons. The van der Waals surface area contributed by atoms with Crippen LogP contribution in [0.15, 0.2) is 54.6 Å². The molecule has 0 saturated heterocycles. The average molecular weight is 533 g/mol. The summed E-state index contributed by atoms with van der Waals surface area (Å²) < 4.78 is 0. The van der Waals surface area contributed by atoms with Crippen molar-refractivity contribution in [3.63, 3.8) is 0 Å². The molecule has 0 radical (unpaired) electrons. The second kappa shape index (κ2) is 15.9. The molecule has 0 aliphatic heterocycles. The highest BCUT2D eigenvalue weighted by atomic mass is 31.1. The van der Waals surface area contributed by atoms with Crippen molar-refractivity contribution in [3.05, 3.63) is 82.4 Å². The van der Waals surface area contributed by atoms with Gasteiger partial charge in [-0.3, -0.25) is 0 Å². The first kappa shape index (κ1) is 30.2. The van der Waals surface area contributed by atoms with Crippen LogP contribution in [0.4, 0.5) is 0 Å². The lowest BCUT2D eigenvalue weighted by Crippen LogP contribution is -2.18. The predicted octanol–water partition coefficient (Wildman–Crippen LogP) is 9.10. The lowest BCUT2D eigenvalue weighted by atomic mass is 10.0. The Hall–Kier alpha value is -2.31. The maximum absolute atomic E-state index is 11.7. The van der Waals surface area contributed by atoms with Crippen LogP contribution in [-0.2, 0) is 31.8 Å². The van der Waals surface area contributed by atoms with E-state index < -0.39 is 7.92 Å². The van der Waals surface area contributed by atoms with Crippen molar-refractivity contribution in [3.8, 4) is 11.5 Å². The molecule has 2 nitrogen and oxygen atoms in total. The van der Waals surface area contributed by atoms with Crippen LogP contribution in [0.1, 0.15) is 107 Å². The van der Waals surface area contributed by atoms with E-state index in [0.717, 1.165) is 105 Å². The zero-order valence-electron chi connectivity index (χ0n) is 24.2. The normalized spacial score (nSPS) is 11.4. The number of phenolic OH excluding ortho intramolecular Hbond substituents is 2. The lowest BCUT2D eigenvalue weighted by molar-refractivity contribution is 0.470. The molecule has 0 spiro atoms. The summed E-state index contributed by atoms with van der Waals surface area (Å²) in [5.74, 6) is 0.906. The minimum Gasteiger partial charge on any atom is -0.507 e. The Kier molecular flexibility index (Phi) is 12.7. The molecule has 0 amide bonds. The molecule has 3 aromatic rings. The van der Waals surface area contributed by atoms with Crippen molar-refractivity contribution in [2.45, 2.75) is 111 Å². The van der Waals surface area contributed by atoms with E-state index in [9.17, 15) is 10.2 Å². The van der Waals surface area contributed by atoms with Crippen molar-refractivity contribution < 1.29 is 10.2 Å². The Morgan fingerprint density at radius 2 is 0.947 bits per heavy atom. The minimum absolute atomic E-state index is 0.453. The summed E-state index contributed by atoms with van der Waals surface area (Å²) in [5, 5.41) is 25.5. The SMILES string of the molecule is CCCCc1cc(CCCC)c(O)c(P(Cc2ccccc2)c2cc(CCCC)cc(CCCC)c2O)c1. The van der Waals surface area contributed by atoms with Crippen molar-refractivity contribution >= 4 is 18.5 Å². The summed E-state index contributed by atoms with van der Waals surface area (Å²) in [4.78, 5) is 0. The molecule has 0 aliphatic carbocycles. The van der Waals surface area contributed by atoms with Gasteiger partial charge in [-0.2, -0.15) is 0 Å². The summed E-state index contributed by atoms with van der Waals surface area (Å²) in [6, 6.07) is 19.6. The van der Waals surface area contributed by atoms with Gasteiger partial charge in [-0.25, -0.2) is 0 Å². The number of hydrogen-bond donors (Lipinski definition) is 2. The van der Waals surface area contributed by atoms with Gasteiger partial charge in [0.1, 0.15) is 11.5 Å². The standard InChI is InChI=1S/C35H49O2P/c1-5-9-16-28-22-30(20-11-7-3)34(36)32(24-28)38(26-27-18-14-13-15-19-27)33-25-29(17-10-6-2)23-31(35(33)37)21-12-8-4/h13-15,18-19,22-25,36-37H,5-12,16-17,20-21,26H2,1-4H3. The second-order valence-electron chi connectivity index (χ2n) is 10.7. The minimum atomic E-state index is -0.994. The van der Waals surface area contributed by atoms with E-state index >= 15 is 0 Å². The highest BCUT2D eigenvalue weighted by Crippen LogP contribution is 2.45. The van der Waals surface area contributed by atoms with Crippen LogP contribution in [0.25, 0.3) is 0 Å². The van der Waals surface area contributed by atoms with Gasteiger partial charge in [0.2, 0.25) is 0 Å². The maximum atomic E-state index is 11.7. The van der Waals surface area contributed by atoms with Crippen LogP contribution >= 0.6 is 7.92 Å². The van der Waals surface area contributed by atoms with E-state index in [2.05, 4.69) is 82.3 Å². The number of phenols is 2. The predicted molar refractivity (Wildman–Crippen MR) is 167 cm³/mol. The third-order valence-corrected chi connectivity index (χ3v) is 9.99. The molecule has 2 N–H and O–H groups in total. The van der Waals surface area contributed by atoms with Gasteiger partial charge < -0.3 is 10.2 Å². The quantitative estimate of drug-likeness (QED) is 0.181. The van der Waals surface area contributed by atoms with Gasteiger partial charge in [0.25, 0.3) is 0 Å². The topological polar surface area (TPSA) is 40.5 Å². The van der Waals surface area contributed by atoms with E-state index in [1.165, 1.54) is 16.7 Å². The molecule has 0 bridgehead atoms. The monoisotopic (exact) mass is 532 g/mol. The molecule has 3 aromatic carbocycles. The number of benzene rings is 3. The Bertz CT molecular complexity index is 1050. The molecule has 3 heteroatoms. The van der Waals surface area contributed by atoms with Crippen LogP contribution < -0.4 is 10.6 Å². The van der Waals surface area contributed by atoms with E-state index in [1.807, 2.05) is 0 Å². The van der Waals surface area contributed by atoms with E-state index in [1.54, 1.807) is 0 Å². The number of rotatable bonds is 16. The van der Waals surface area contributed by atoms with Crippen LogP contribution in [0, 0.1) is 0 Å². The smallest absolute Gasteiger partial charge is 0.126 e. The summed E-state index contributed by atoms with van der Waals surface area (Å²) in [6.45, 7) is 8.89. The summed E-state index contributed by atoms with van der Waals surface area (Å²) in [7, 11) is -0.994. The van der Waals surface area contributed by atoms with Crippen LogP contribution in [0.5, 0.6) is 11.5 Å². The summed E-state index contributed by atoms with van der Waals surface area (Å²) in [5.41, 5.74) is 6.03. The fourth-order valence-electron chi connectivity index (χ4n) is 5.13. The van der Waals surface area contributed by atoms with Gasteiger partial charge in [0.15, 0.2) is 0 Å². The van der Waals surface area contributed by atoms with Crippen molar-refractivity contribution in [1.29, 1.82) is 0 Å². The zero-order valence-corrected chi connectivity index (χ0v) is 25.1. The molecular formula is C35H49O2P. The fourth-order valence-corrected chi connectivity index (χ4v) is 7.75. The highest BCUT2D eigenvalue weighted by Gasteiger charge is 2.25. The Morgan fingerprint density at radius 1 is 0.526 bits per heavy atom. The van der Waals surface area contributed by atoms with Gasteiger partial charge in [-0.05, 0) is 99.2 Å². The number of unbranched alkanes of at least 4 members (excludes halogenated alkanes) is 4.